The van der Waals surface area contributed by atoms with Crippen LogP contribution >= 0.6 is 0 Å². The van der Waals surface area contributed by atoms with E-state index in [2.05, 4.69) is 5.32 Å². The summed E-state index contributed by atoms with van der Waals surface area (Å²) in [5.41, 5.74) is 0. The average Bonchev–Trinajstić information content (AvgIpc) is 2.45. The number of rotatable bonds is 7. The molecule has 1 aliphatic heterocycles. The topological polar surface area (TPSA) is 84.9 Å². The summed E-state index contributed by atoms with van der Waals surface area (Å²) < 4.78 is 10.5. The van der Waals surface area contributed by atoms with Gasteiger partial charge in [0.15, 0.2) is 6.61 Å². The smallest absolute Gasteiger partial charge is 0.344 e. The minimum Gasteiger partial charge on any atom is -0.482 e. The van der Waals surface area contributed by atoms with Crippen molar-refractivity contribution in [3.8, 4) is 5.75 Å². The minimum absolute atomic E-state index is 0.0147. The second kappa shape index (κ2) is 7.08. The summed E-state index contributed by atoms with van der Waals surface area (Å²) in [4.78, 5) is 23.2. The van der Waals surface area contributed by atoms with E-state index < -0.39 is 18.0 Å². The number of β-lactam (4-membered cyclic amide) rings is 1. The molecule has 0 radical (unpaired) electrons. The van der Waals surface area contributed by atoms with E-state index >= 15 is 0 Å². The molecule has 0 aliphatic carbocycles. The zero-order valence-electron chi connectivity index (χ0n) is 11.8. The molecule has 6 heteroatoms. The molecule has 1 aromatic carbocycles. The molecule has 21 heavy (non-hydrogen) atoms. The monoisotopic (exact) mass is 293 g/mol. The predicted molar refractivity (Wildman–Crippen MR) is 74.6 cm³/mol. The second-order valence-electron chi connectivity index (χ2n) is 4.95. The molecular weight excluding hydrogens is 274 g/mol. The van der Waals surface area contributed by atoms with E-state index in [0.29, 0.717) is 12.2 Å². The largest absolute Gasteiger partial charge is 0.482 e. The molecule has 0 spiro atoms. The quantitative estimate of drug-likeness (QED) is 0.565. The van der Waals surface area contributed by atoms with Crippen molar-refractivity contribution < 1.29 is 24.2 Å². The summed E-state index contributed by atoms with van der Waals surface area (Å²) in [6.07, 6.45) is -0.0825. The first kappa shape index (κ1) is 15.3. The van der Waals surface area contributed by atoms with Gasteiger partial charge in [0.1, 0.15) is 11.9 Å². The number of amides is 1. The summed E-state index contributed by atoms with van der Waals surface area (Å²) in [5, 5.41) is 11.6. The van der Waals surface area contributed by atoms with Crippen LogP contribution in [0.2, 0.25) is 0 Å². The lowest BCUT2D eigenvalue weighted by molar-refractivity contribution is -0.160. The molecule has 114 valence electrons. The fraction of sp³-hybridized carbons (Fsp3) is 0.467. The average molecular weight is 293 g/mol. The number of hydrogen-bond acceptors (Lipinski definition) is 5. The van der Waals surface area contributed by atoms with Crippen molar-refractivity contribution in [2.24, 2.45) is 5.92 Å². The van der Waals surface area contributed by atoms with Gasteiger partial charge in [0, 0.05) is 12.6 Å². The zero-order chi connectivity index (χ0) is 15.2. The van der Waals surface area contributed by atoms with Crippen molar-refractivity contribution in [1.29, 1.82) is 0 Å². The van der Waals surface area contributed by atoms with Gasteiger partial charge in [0.2, 0.25) is 5.91 Å². The fourth-order valence-electron chi connectivity index (χ4n) is 2.36. The third-order valence-electron chi connectivity index (χ3n) is 3.43. The number of carbonyl (C=O) groups is 2. The Morgan fingerprint density at radius 1 is 1.38 bits per heavy atom. The van der Waals surface area contributed by atoms with Gasteiger partial charge in [0.05, 0.1) is 5.92 Å². The molecule has 2 rings (SSSR count). The number of aliphatic hydroxyl groups is 1. The Morgan fingerprint density at radius 2 is 2.10 bits per heavy atom. The number of nitrogens with one attached hydrogen (secondary N) is 1. The van der Waals surface area contributed by atoms with Crippen LogP contribution in [0.4, 0.5) is 0 Å². The lowest BCUT2D eigenvalue weighted by atomic mass is 9.84. The summed E-state index contributed by atoms with van der Waals surface area (Å²) >= 11 is 0. The highest BCUT2D eigenvalue weighted by Crippen LogP contribution is 2.23. The number of esters is 1. The first-order valence-electron chi connectivity index (χ1n) is 6.90. The Kier molecular flexibility index (Phi) is 5.16. The SMILES string of the molecule is CC(OC(=O)COc1ccccc1)[C@H]1C(=O)N[C@@H]1CCO. The van der Waals surface area contributed by atoms with Gasteiger partial charge in [-0.05, 0) is 25.5 Å². The first-order valence-corrected chi connectivity index (χ1v) is 6.90. The number of hydrogen-bond donors (Lipinski definition) is 2. The van der Waals surface area contributed by atoms with Crippen LogP contribution in [-0.4, -0.2) is 42.3 Å². The van der Waals surface area contributed by atoms with Crippen LogP contribution in [0.25, 0.3) is 0 Å². The van der Waals surface area contributed by atoms with Crippen molar-refractivity contribution in [3.63, 3.8) is 0 Å². The summed E-state index contributed by atoms with van der Waals surface area (Å²) in [6.45, 7) is 1.46. The Labute approximate surface area is 123 Å². The maximum absolute atomic E-state index is 11.7. The van der Waals surface area contributed by atoms with Crippen molar-refractivity contribution in [3.05, 3.63) is 30.3 Å². The van der Waals surface area contributed by atoms with Gasteiger partial charge in [0.25, 0.3) is 0 Å². The molecule has 1 aliphatic rings. The predicted octanol–water partition coefficient (Wildman–Crippen LogP) is 0.494. The number of carbonyl (C=O) groups excluding carboxylic acids is 2. The van der Waals surface area contributed by atoms with Crippen LogP contribution in [0.3, 0.4) is 0 Å². The Balaban J connectivity index is 1.78. The zero-order valence-corrected chi connectivity index (χ0v) is 11.8. The maximum atomic E-state index is 11.7. The molecule has 3 atom stereocenters. The summed E-state index contributed by atoms with van der Waals surface area (Å²) in [7, 11) is 0. The normalized spacial score (nSPS) is 21.9. The maximum Gasteiger partial charge on any atom is 0.344 e. The van der Waals surface area contributed by atoms with Crippen molar-refractivity contribution in [1.82, 2.24) is 5.32 Å². The summed E-state index contributed by atoms with van der Waals surface area (Å²) in [6, 6.07) is 8.81. The molecule has 1 aromatic rings. The first-order chi connectivity index (χ1) is 10.1. The van der Waals surface area contributed by atoms with Crippen LogP contribution in [0.1, 0.15) is 13.3 Å². The van der Waals surface area contributed by atoms with E-state index in [4.69, 9.17) is 14.6 Å². The molecular formula is C15H19NO5. The van der Waals surface area contributed by atoms with Crippen molar-refractivity contribution in [2.45, 2.75) is 25.5 Å². The molecule has 1 heterocycles. The van der Waals surface area contributed by atoms with E-state index in [9.17, 15) is 9.59 Å². The van der Waals surface area contributed by atoms with Gasteiger partial charge >= 0.3 is 5.97 Å². The third-order valence-corrected chi connectivity index (χ3v) is 3.43. The van der Waals surface area contributed by atoms with Crippen LogP contribution in [0.15, 0.2) is 30.3 Å². The van der Waals surface area contributed by atoms with E-state index in [1.807, 2.05) is 18.2 Å². The molecule has 1 fully saturated rings. The molecule has 0 bridgehead atoms. The molecule has 0 saturated carbocycles. The number of benzene rings is 1. The number of para-hydroxylation sites is 1. The van der Waals surface area contributed by atoms with Gasteiger partial charge in [-0.15, -0.1) is 0 Å². The Bertz CT molecular complexity index is 490. The van der Waals surface area contributed by atoms with Gasteiger partial charge in [-0.1, -0.05) is 18.2 Å². The van der Waals surface area contributed by atoms with Crippen LogP contribution in [0, 0.1) is 5.92 Å². The van der Waals surface area contributed by atoms with E-state index in [1.54, 1.807) is 19.1 Å². The molecule has 1 unspecified atom stereocenters. The lowest BCUT2D eigenvalue weighted by Crippen LogP contribution is -2.62. The number of ether oxygens (including phenoxy) is 2. The van der Waals surface area contributed by atoms with Crippen LogP contribution in [0.5, 0.6) is 5.75 Å². The highest BCUT2D eigenvalue weighted by Gasteiger charge is 2.44. The third kappa shape index (κ3) is 3.95. The van der Waals surface area contributed by atoms with Crippen LogP contribution < -0.4 is 10.1 Å². The highest BCUT2D eigenvalue weighted by molar-refractivity contribution is 5.86. The van der Waals surface area contributed by atoms with Crippen molar-refractivity contribution >= 4 is 11.9 Å². The molecule has 6 nitrogen and oxygen atoms in total. The number of aliphatic hydroxyl groups excluding tert-OH is 1. The molecule has 1 amide bonds. The van der Waals surface area contributed by atoms with E-state index in [-0.39, 0.29) is 25.2 Å². The minimum atomic E-state index is -0.540. The molecule has 2 N–H and O–H groups in total. The second-order valence-corrected chi connectivity index (χ2v) is 4.95. The van der Waals surface area contributed by atoms with Gasteiger partial charge in [-0.3, -0.25) is 4.79 Å². The lowest BCUT2D eigenvalue weighted by Gasteiger charge is -2.39. The van der Waals surface area contributed by atoms with Crippen molar-refractivity contribution in [2.75, 3.05) is 13.2 Å². The van der Waals surface area contributed by atoms with Gasteiger partial charge in [-0.25, -0.2) is 4.79 Å². The van der Waals surface area contributed by atoms with Crippen LogP contribution in [-0.2, 0) is 14.3 Å². The fourth-order valence-corrected chi connectivity index (χ4v) is 2.36. The van der Waals surface area contributed by atoms with E-state index in [0.717, 1.165) is 0 Å². The van der Waals surface area contributed by atoms with Gasteiger partial charge in [-0.2, -0.15) is 0 Å². The molecule has 0 aromatic heterocycles. The Morgan fingerprint density at radius 3 is 2.71 bits per heavy atom. The van der Waals surface area contributed by atoms with Gasteiger partial charge < -0.3 is 19.9 Å². The standard InChI is InChI=1S/C15H19NO5/c1-10(14-12(7-8-17)16-15(14)19)21-13(18)9-20-11-5-3-2-4-6-11/h2-6,10,12,14,17H,7-9H2,1H3,(H,16,19)/t10?,12-,14-/m1/s1. The summed E-state index contributed by atoms with van der Waals surface area (Å²) in [5.74, 6) is -0.494. The van der Waals surface area contributed by atoms with E-state index in [1.165, 1.54) is 0 Å². The highest BCUT2D eigenvalue weighted by atomic mass is 16.6. The molecule has 1 saturated heterocycles. The Hall–Kier alpha value is -2.08.